The number of hydrogen-bond donors (Lipinski definition) is 2. The molecule has 0 bridgehead atoms. The van der Waals surface area contributed by atoms with Crippen molar-refractivity contribution in [1.29, 1.82) is 0 Å². The molecule has 2 rings (SSSR count). The lowest BCUT2D eigenvalue weighted by atomic mass is 10.0. The van der Waals surface area contributed by atoms with Crippen LogP contribution >= 0.6 is 0 Å². The van der Waals surface area contributed by atoms with Crippen LogP contribution in [0, 0.1) is 5.82 Å². The first-order chi connectivity index (χ1) is 10.1. The Morgan fingerprint density at radius 3 is 2.50 bits per heavy atom. The third kappa shape index (κ3) is 3.42. The summed E-state index contributed by atoms with van der Waals surface area (Å²) in [6.07, 6.45) is -0.415. The monoisotopic (exact) mass is 325 g/mol. The van der Waals surface area contributed by atoms with Gasteiger partial charge in [-0.3, -0.25) is 4.79 Å². The molecular weight excluding hydrogens is 309 g/mol. The third-order valence-electron chi connectivity index (χ3n) is 3.12. The second-order valence-electron chi connectivity index (χ2n) is 5.66. The number of carboxylic acid groups (broad SMARTS) is 1. The highest BCUT2D eigenvalue weighted by Gasteiger charge is 2.30. The van der Waals surface area contributed by atoms with Crippen LogP contribution in [0.25, 0.3) is 10.8 Å². The van der Waals surface area contributed by atoms with E-state index in [0.29, 0.717) is 5.39 Å². The zero-order chi connectivity index (χ0) is 16.5. The zero-order valence-corrected chi connectivity index (χ0v) is 12.9. The molecule has 7 heteroatoms. The molecule has 0 aliphatic rings. The van der Waals surface area contributed by atoms with Gasteiger partial charge in [-0.15, -0.1) is 0 Å². The highest BCUT2D eigenvalue weighted by atomic mass is 32.2. The maximum Gasteiger partial charge on any atom is 0.305 e. The first kappa shape index (κ1) is 16.4. The van der Waals surface area contributed by atoms with Crippen molar-refractivity contribution >= 4 is 26.8 Å². The Hall–Kier alpha value is -1.99. The fourth-order valence-electron chi connectivity index (χ4n) is 2.25. The third-order valence-corrected chi connectivity index (χ3v) is 4.84. The van der Waals surface area contributed by atoms with Gasteiger partial charge in [0.1, 0.15) is 4.90 Å². The maximum absolute atomic E-state index is 14.5. The summed E-state index contributed by atoms with van der Waals surface area (Å²) in [6, 6.07) is 9.20. The summed E-state index contributed by atoms with van der Waals surface area (Å²) in [5.41, 5.74) is -1.23. The van der Waals surface area contributed by atoms with Gasteiger partial charge in [0.05, 0.1) is 6.42 Å². The van der Waals surface area contributed by atoms with Crippen LogP contribution in [-0.4, -0.2) is 25.0 Å². The standard InChI is InChI=1S/C15H16FNO4S/c1-15(2,9-13(18)19)17-22(20,21)12-8-7-10-5-3-4-6-11(10)14(12)16/h3-8,17H,9H2,1-2H3,(H,18,19). The normalized spacial score (nSPS) is 12.5. The van der Waals surface area contributed by atoms with Gasteiger partial charge < -0.3 is 5.11 Å². The quantitative estimate of drug-likeness (QED) is 0.885. The molecule has 0 atom stereocenters. The van der Waals surface area contributed by atoms with Crippen LogP contribution in [-0.2, 0) is 14.8 Å². The molecule has 2 aromatic carbocycles. The van der Waals surface area contributed by atoms with Crippen molar-refractivity contribution in [3.05, 3.63) is 42.2 Å². The van der Waals surface area contributed by atoms with E-state index in [9.17, 15) is 17.6 Å². The number of halogens is 1. The Kier molecular flexibility index (Phi) is 4.21. The predicted molar refractivity (Wildman–Crippen MR) is 80.6 cm³/mol. The van der Waals surface area contributed by atoms with E-state index in [1.165, 1.54) is 32.0 Å². The average Bonchev–Trinajstić information content (AvgIpc) is 2.36. The van der Waals surface area contributed by atoms with Crippen molar-refractivity contribution in [3.63, 3.8) is 0 Å². The topological polar surface area (TPSA) is 83.5 Å². The average molecular weight is 325 g/mol. The second kappa shape index (κ2) is 5.66. The largest absolute Gasteiger partial charge is 0.481 e. The summed E-state index contributed by atoms with van der Waals surface area (Å²) in [5, 5.41) is 9.59. The van der Waals surface area contributed by atoms with Crippen LogP contribution in [0.4, 0.5) is 4.39 Å². The van der Waals surface area contributed by atoms with Gasteiger partial charge in [0.25, 0.3) is 0 Å². The van der Waals surface area contributed by atoms with Crippen LogP contribution in [0.1, 0.15) is 20.3 Å². The minimum Gasteiger partial charge on any atom is -0.481 e. The van der Waals surface area contributed by atoms with E-state index in [-0.39, 0.29) is 5.39 Å². The number of rotatable bonds is 5. The number of hydrogen-bond acceptors (Lipinski definition) is 3. The lowest BCUT2D eigenvalue weighted by molar-refractivity contribution is -0.138. The Morgan fingerprint density at radius 2 is 1.86 bits per heavy atom. The minimum absolute atomic E-state index is 0.196. The molecule has 0 saturated carbocycles. The molecule has 2 aromatic rings. The van der Waals surface area contributed by atoms with Gasteiger partial charge in [-0.25, -0.2) is 17.5 Å². The first-order valence-electron chi connectivity index (χ1n) is 6.55. The summed E-state index contributed by atoms with van der Waals surface area (Å²) in [6.45, 7) is 2.86. The van der Waals surface area contributed by atoms with Crippen LogP contribution in [0.2, 0.25) is 0 Å². The highest BCUT2D eigenvalue weighted by molar-refractivity contribution is 7.89. The molecule has 0 heterocycles. The summed E-state index contributed by atoms with van der Waals surface area (Å²) in [7, 11) is -4.17. The molecule has 22 heavy (non-hydrogen) atoms. The molecule has 0 saturated heterocycles. The van der Waals surface area contributed by atoms with Crippen LogP contribution in [0.3, 0.4) is 0 Å². The number of nitrogens with one attached hydrogen (secondary N) is 1. The second-order valence-corrected chi connectivity index (χ2v) is 7.31. The first-order valence-corrected chi connectivity index (χ1v) is 8.04. The number of aliphatic carboxylic acids is 1. The SMILES string of the molecule is CC(C)(CC(=O)O)NS(=O)(=O)c1ccc2ccccc2c1F. The fraction of sp³-hybridized carbons (Fsp3) is 0.267. The van der Waals surface area contributed by atoms with Gasteiger partial charge in [-0.1, -0.05) is 30.3 Å². The molecule has 5 nitrogen and oxygen atoms in total. The smallest absolute Gasteiger partial charge is 0.305 e. The molecule has 0 aliphatic heterocycles. The van der Waals surface area contributed by atoms with Gasteiger partial charge in [0.2, 0.25) is 10.0 Å². The lowest BCUT2D eigenvalue weighted by Crippen LogP contribution is -2.45. The molecule has 0 spiro atoms. The molecule has 0 amide bonds. The predicted octanol–water partition coefficient (Wildman–Crippen LogP) is 2.51. The summed E-state index contributed by atoms with van der Waals surface area (Å²) < 4.78 is 41.4. The molecule has 0 unspecified atom stereocenters. The van der Waals surface area contributed by atoms with E-state index in [1.54, 1.807) is 18.2 Å². The van der Waals surface area contributed by atoms with E-state index in [4.69, 9.17) is 5.11 Å². The summed E-state index contributed by atoms with van der Waals surface area (Å²) in [5.74, 6) is -2.00. The van der Waals surface area contributed by atoms with Gasteiger partial charge in [0, 0.05) is 10.9 Å². The number of benzene rings is 2. The number of sulfonamides is 1. The fourth-order valence-corrected chi connectivity index (χ4v) is 3.76. The van der Waals surface area contributed by atoms with E-state index >= 15 is 0 Å². The molecule has 0 radical (unpaired) electrons. The summed E-state index contributed by atoms with van der Waals surface area (Å²) in [4.78, 5) is 10.3. The zero-order valence-electron chi connectivity index (χ0n) is 12.1. The number of carboxylic acids is 1. The van der Waals surface area contributed by atoms with Crippen molar-refractivity contribution in [1.82, 2.24) is 4.72 Å². The van der Waals surface area contributed by atoms with Crippen molar-refractivity contribution in [2.75, 3.05) is 0 Å². The molecule has 0 aliphatic carbocycles. The molecule has 0 aromatic heterocycles. The van der Waals surface area contributed by atoms with Crippen LogP contribution < -0.4 is 4.72 Å². The summed E-state index contributed by atoms with van der Waals surface area (Å²) >= 11 is 0. The van der Waals surface area contributed by atoms with Gasteiger partial charge in [-0.2, -0.15) is 0 Å². The van der Waals surface area contributed by atoms with E-state index in [1.807, 2.05) is 0 Å². The van der Waals surface area contributed by atoms with Crippen LogP contribution in [0.15, 0.2) is 41.3 Å². The van der Waals surface area contributed by atoms with Crippen LogP contribution in [0.5, 0.6) is 0 Å². The van der Waals surface area contributed by atoms with E-state index < -0.39 is 38.7 Å². The van der Waals surface area contributed by atoms with Crippen molar-refractivity contribution in [2.45, 2.75) is 30.7 Å². The van der Waals surface area contributed by atoms with E-state index in [2.05, 4.69) is 4.72 Å². The van der Waals surface area contributed by atoms with Gasteiger partial charge >= 0.3 is 5.97 Å². The number of carbonyl (C=O) groups is 1. The van der Waals surface area contributed by atoms with Crippen molar-refractivity contribution in [2.24, 2.45) is 0 Å². The molecular formula is C15H16FNO4S. The maximum atomic E-state index is 14.5. The molecule has 118 valence electrons. The minimum atomic E-state index is -4.17. The highest BCUT2D eigenvalue weighted by Crippen LogP contribution is 2.25. The van der Waals surface area contributed by atoms with E-state index in [0.717, 1.165) is 0 Å². The molecule has 0 fully saturated rings. The van der Waals surface area contributed by atoms with Crippen molar-refractivity contribution < 1.29 is 22.7 Å². The van der Waals surface area contributed by atoms with Gasteiger partial charge in [0.15, 0.2) is 5.82 Å². The van der Waals surface area contributed by atoms with Crippen molar-refractivity contribution in [3.8, 4) is 0 Å². The number of fused-ring (bicyclic) bond motifs is 1. The Morgan fingerprint density at radius 1 is 1.23 bits per heavy atom. The lowest BCUT2D eigenvalue weighted by Gasteiger charge is -2.24. The Balaban J connectivity index is 2.46. The molecule has 2 N–H and O–H groups in total. The Labute approximate surface area is 127 Å². The van der Waals surface area contributed by atoms with Gasteiger partial charge in [-0.05, 0) is 25.3 Å². The Bertz CT molecular complexity index is 831.